The lowest BCUT2D eigenvalue weighted by atomic mass is 9.71. The Hall–Kier alpha value is -3.03. The summed E-state index contributed by atoms with van der Waals surface area (Å²) < 4.78 is 42.8. The first-order chi connectivity index (χ1) is 16.5. The molecule has 2 heterocycles. The standard InChI is InChI=1S/C27H30F3N3O2/c1-25(2,3)14-17-7-6-12-26(15-17)16-22(33-35-26)24-31-20-11-10-18(13-21(20)32-24)19-8-4-5-9-23(19)34-27(28,29)30/h4-5,8-11,13,17H,6-7,12,14-16H2,1-3H3,(H,31,32). The number of nitrogens with zero attached hydrogens (tertiary/aromatic N) is 2. The summed E-state index contributed by atoms with van der Waals surface area (Å²) in [7, 11) is 0. The lowest BCUT2D eigenvalue weighted by molar-refractivity contribution is -0.274. The lowest BCUT2D eigenvalue weighted by Crippen LogP contribution is -2.36. The third-order valence-corrected chi connectivity index (χ3v) is 6.82. The molecule has 2 aliphatic rings. The molecule has 1 N–H and O–H groups in total. The van der Waals surface area contributed by atoms with Gasteiger partial charge in [0.15, 0.2) is 5.82 Å². The van der Waals surface area contributed by atoms with Gasteiger partial charge in [-0.2, -0.15) is 0 Å². The van der Waals surface area contributed by atoms with E-state index < -0.39 is 6.36 Å². The molecule has 0 saturated heterocycles. The predicted molar refractivity (Wildman–Crippen MR) is 129 cm³/mol. The van der Waals surface area contributed by atoms with Crippen molar-refractivity contribution < 1.29 is 22.7 Å². The molecule has 1 spiro atoms. The van der Waals surface area contributed by atoms with Gasteiger partial charge in [0.05, 0.1) is 11.0 Å². The summed E-state index contributed by atoms with van der Waals surface area (Å²) in [5, 5.41) is 4.42. The number of nitrogens with one attached hydrogen (secondary N) is 1. The minimum atomic E-state index is -4.76. The van der Waals surface area contributed by atoms with Gasteiger partial charge in [-0.25, -0.2) is 4.98 Å². The number of aromatic nitrogens is 2. The molecule has 1 aromatic heterocycles. The molecule has 5 nitrogen and oxygen atoms in total. The maximum Gasteiger partial charge on any atom is 0.573 e. The first kappa shape index (κ1) is 23.7. The first-order valence-electron chi connectivity index (χ1n) is 12.1. The maximum absolute atomic E-state index is 12.9. The summed E-state index contributed by atoms with van der Waals surface area (Å²) in [5.41, 5.74) is 3.21. The zero-order chi connectivity index (χ0) is 24.8. The van der Waals surface area contributed by atoms with Crippen molar-refractivity contribution in [2.24, 2.45) is 16.5 Å². The van der Waals surface area contributed by atoms with Crippen LogP contribution >= 0.6 is 0 Å². The summed E-state index contributed by atoms with van der Waals surface area (Å²) in [6, 6.07) is 11.4. The molecule has 0 bridgehead atoms. The smallest absolute Gasteiger partial charge is 0.405 e. The molecule has 3 aromatic rings. The van der Waals surface area contributed by atoms with Crippen molar-refractivity contribution in [3.63, 3.8) is 0 Å². The molecule has 1 saturated carbocycles. The third-order valence-electron chi connectivity index (χ3n) is 6.82. The van der Waals surface area contributed by atoms with E-state index in [2.05, 4.69) is 35.6 Å². The van der Waals surface area contributed by atoms with Crippen LogP contribution in [0.3, 0.4) is 0 Å². The largest absolute Gasteiger partial charge is 0.573 e. The number of benzene rings is 2. The summed E-state index contributed by atoms with van der Waals surface area (Å²) in [5.74, 6) is 1.03. The Kier molecular flexibility index (Phi) is 5.80. The fraction of sp³-hybridized carbons (Fsp3) is 0.481. The van der Waals surface area contributed by atoms with Gasteiger partial charge in [0, 0.05) is 12.0 Å². The van der Waals surface area contributed by atoms with Gasteiger partial charge in [-0.05, 0) is 60.8 Å². The number of H-pyrrole nitrogens is 1. The van der Waals surface area contributed by atoms with E-state index in [1.807, 2.05) is 0 Å². The van der Waals surface area contributed by atoms with Crippen molar-refractivity contribution in [2.75, 3.05) is 0 Å². The van der Waals surface area contributed by atoms with E-state index >= 15 is 0 Å². The topological polar surface area (TPSA) is 59.5 Å². The zero-order valence-electron chi connectivity index (χ0n) is 20.2. The molecule has 1 aliphatic heterocycles. The second kappa shape index (κ2) is 8.57. The fourth-order valence-electron chi connectivity index (χ4n) is 5.61. The molecular weight excluding hydrogens is 455 g/mol. The predicted octanol–water partition coefficient (Wildman–Crippen LogP) is 7.62. The highest BCUT2D eigenvalue weighted by molar-refractivity contribution is 6.01. The van der Waals surface area contributed by atoms with Gasteiger partial charge in [-0.1, -0.05) is 56.6 Å². The van der Waals surface area contributed by atoms with Crippen molar-refractivity contribution in [3.05, 3.63) is 48.3 Å². The van der Waals surface area contributed by atoms with Crippen LogP contribution in [0.5, 0.6) is 5.75 Å². The van der Waals surface area contributed by atoms with E-state index in [4.69, 9.17) is 9.82 Å². The highest BCUT2D eigenvalue weighted by Crippen LogP contribution is 2.45. The number of rotatable bonds is 4. The van der Waals surface area contributed by atoms with Gasteiger partial charge in [-0.3, -0.25) is 0 Å². The number of alkyl halides is 3. The normalized spacial score (nSPS) is 22.9. The molecule has 2 unspecified atom stereocenters. The minimum absolute atomic E-state index is 0.239. The van der Waals surface area contributed by atoms with Crippen LogP contribution < -0.4 is 4.74 Å². The van der Waals surface area contributed by atoms with Gasteiger partial charge in [0.25, 0.3) is 0 Å². The van der Waals surface area contributed by atoms with Crippen molar-refractivity contribution >= 4 is 16.7 Å². The molecule has 0 radical (unpaired) electrons. The average Bonchev–Trinajstić information content (AvgIpc) is 3.35. The Labute approximate surface area is 202 Å². The Morgan fingerprint density at radius 3 is 2.71 bits per heavy atom. The zero-order valence-corrected chi connectivity index (χ0v) is 20.2. The Morgan fingerprint density at radius 1 is 1.14 bits per heavy atom. The number of fused-ring (bicyclic) bond motifs is 1. The van der Waals surface area contributed by atoms with E-state index in [9.17, 15) is 13.2 Å². The van der Waals surface area contributed by atoms with Gasteiger partial charge in [0.1, 0.15) is 17.1 Å². The molecule has 35 heavy (non-hydrogen) atoms. The molecule has 8 heteroatoms. The SMILES string of the molecule is CC(C)(C)CC1CCCC2(CC(c3nc4ccc(-c5ccccc5OC(F)(F)F)cc4[nH]3)=NO2)C1. The van der Waals surface area contributed by atoms with Crippen LogP contribution in [0.2, 0.25) is 0 Å². The van der Waals surface area contributed by atoms with Crippen molar-refractivity contribution in [1.82, 2.24) is 9.97 Å². The first-order valence-corrected chi connectivity index (χ1v) is 12.1. The second-order valence-corrected chi connectivity index (χ2v) is 11.1. The highest BCUT2D eigenvalue weighted by atomic mass is 19.4. The minimum Gasteiger partial charge on any atom is -0.405 e. The maximum atomic E-state index is 12.9. The Balaban J connectivity index is 1.37. The third kappa shape index (κ3) is 5.31. The number of para-hydroxylation sites is 1. The van der Waals surface area contributed by atoms with Crippen LogP contribution in [-0.2, 0) is 4.84 Å². The molecule has 1 aliphatic carbocycles. The van der Waals surface area contributed by atoms with E-state index in [1.54, 1.807) is 30.3 Å². The van der Waals surface area contributed by atoms with Crippen LogP contribution in [0.25, 0.3) is 22.2 Å². The number of aromatic amines is 1. The van der Waals surface area contributed by atoms with Crippen molar-refractivity contribution in [2.45, 2.75) is 71.3 Å². The van der Waals surface area contributed by atoms with Crippen molar-refractivity contribution in [1.29, 1.82) is 0 Å². The number of hydrogen-bond donors (Lipinski definition) is 1. The number of oxime groups is 1. The molecule has 186 valence electrons. The molecule has 2 atom stereocenters. The number of imidazole rings is 1. The average molecular weight is 486 g/mol. The molecule has 2 aromatic carbocycles. The van der Waals surface area contributed by atoms with Crippen LogP contribution in [0.15, 0.2) is 47.6 Å². The summed E-state index contributed by atoms with van der Waals surface area (Å²) in [6.07, 6.45) is 1.46. The van der Waals surface area contributed by atoms with E-state index in [0.29, 0.717) is 29.3 Å². The molecular formula is C27H30F3N3O2. The van der Waals surface area contributed by atoms with E-state index in [1.165, 1.54) is 25.0 Å². The van der Waals surface area contributed by atoms with Crippen LogP contribution in [0.1, 0.15) is 65.1 Å². The lowest BCUT2D eigenvalue weighted by Gasteiger charge is -2.38. The van der Waals surface area contributed by atoms with Gasteiger partial charge in [-0.15, -0.1) is 13.2 Å². The fourth-order valence-corrected chi connectivity index (χ4v) is 5.61. The highest BCUT2D eigenvalue weighted by Gasteiger charge is 2.44. The van der Waals surface area contributed by atoms with Crippen molar-refractivity contribution in [3.8, 4) is 16.9 Å². The summed E-state index contributed by atoms with van der Waals surface area (Å²) >= 11 is 0. The monoisotopic (exact) mass is 485 g/mol. The van der Waals surface area contributed by atoms with E-state index in [0.717, 1.165) is 36.0 Å². The van der Waals surface area contributed by atoms with Gasteiger partial charge >= 0.3 is 6.36 Å². The quantitative estimate of drug-likeness (QED) is 0.414. The van der Waals surface area contributed by atoms with E-state index in [-0.39, 0.29) is 16.8 Å². The summed E-state index contributed by atoms with van der Waals surface area (Å²) in [6.45, 7) is 6.84. The second-order valence-electron chi connectivity index (χ2n) is 11.1. The Morgan fingerprint density at radius 2 is 1.94 bits per heavy atom. The number of hydrogen-bond acceptors (Lipinski definition) is 4. The molecule has 1 fully saturated rings. The van der Waals surface area contributed by atoms with Gasteiger partial charge in [0.2, 0.25) is 0 Å². The van der Waals surface area contributed by atoms with Crippen LogP contribution in [-0.4, -0.2) is 27.6 Å². The summed E-state index contributed by atoms with van der Waals surface area (Å²) in [4.78, 5) is 14.0. The number of halogens is 3. The molecule has 5 rings (SSSR count). The number of ether oxygens (including phenoxy) is 1. The Bertz CT molecular complexity index is 1260. The van der Waals surface area contributed by atoms with Crippen LogP contribution in [0, 0.1) is 11.3 Å². The van der Waals surface area contributed by atoms with Crippen LogP contribution in [0.4, 0.5) is 13.2 Å². The molecule has 0 amide bonds. The van der Waals surface area contributed by atoms with Gasteiger partial charge < -0.3 is 14.6 Å².